The largest absolute Gasteiger partial charge is 0.488 e. The van der Waals surface area contributed by atoms with Gasteiger partial charge in [0, 0.05) is 29.4 Å². The summed E-state index contributed by atoms with van der Waals surface area (Å²) in [6.45, 7) is 1.64. The molecule has 2 aromatic heterocycles. The maximum absolute atomic E-state index is 13.6. The minimum atomic E-state index is -4.59. The van der Waals surface area contributed by atoms with Crippen LogP contribution in [-0.2, 0) is 11.1 Å². The summed E-state index contributed by atoms with van der Waals surface area (Å²) in [4.78, 5) is 16.2. The highest BCUT2D eigenvalue weighted by Gasteiger charge is 2.33. The third-order valence-electron chi connectivity index (χ3n) is 4.35. The van der Waals surface area contributed by atoms with Crippen molar-refractivity contribution in [3.8, 4) is 0 Å². The standard InChI is InChI=1S/C16H12F3N3O/c1-9-10-7-22(16(17,18)19)13-4-2-3-11-15(13)21(8-20-11)12(10)5-6-14(9)23/h2-5,7-9H,6H2,1H3. The van der Waals surface area contributed by atoms with Crippen molar-refractivity contribution < 1.29 is 18.0 Å². The molecule has 1 aromatic carbocycles. The van der Waals surface area contributed by atoms with Crippen LogP contribution in [0.1, 0.15) is 24.8 Å². The Morgan fingerprint density at radius 2 is 2.09 bits per heavy atom. The van der Waals surface area contributed by atoms with Crippen molar-refractivity contribution >= 4 is 28.4 Å². The second-order valence-electron chi connectivity index (χ2n) is 5.66. The first-order valence-corrected chi connectivity index (χ1v) is 7.15. The SMILES string of the molecule is CC1C(=O)CC=c2c1cn(C(F)(F)F)c1cccc3ncn2c31. The summed E-state index contributed by atoms with van der Waals surface area (Å²) in [5, 5.41) is 0.596. The minimum Gasteiger partial charge on any atom is -0.299 e. The van der Waals surface area contributed by atoms with Gasteiger partial charge in [-0.3, -0.25) is 13.8 Å². The van der Waals surface area contributed by atoms with E-state index in [-0.39, 0.29) is 22.3 Å². The highest BCUT2D eigenvalue weighted by atomic mass is 19.4. The van der Waals surface area contributed by atoms with Crippen LogP contribution in [0.5, 0.6) is 0 Å². The van der Waals surface area contributed by atoms with Crippen molar-refractivity contribution in [1.82, 2.24) is 14.0 Å². The number of carbonyl (C=O) groups is 1. The van der Waals surface area contributed by atoms with E-state index in [0.29, 0.717) is 21.9 Å². The molecule has 0 saturated carbocycles. The third-order valence-corrected chi connectivity index (χ3v) is 4.35. The lowest BCUT2D eigenvalue weighted by atomic mass is 9.92. The Morgan fingerprint density at radius 1 is 1.30 bits per heavy atom. The molecule has 0 N–H and O–H groups in total. The lowest BCUT2D eigenvalue weighted by Gasteiger charge is -2.16. The number of Topliss-reactive ketones (excluding diaryl/α,β-unsaturated/α-hetero) is 1. The fraction of sp³-hybridized carbons (Fsp3) is 0.250. The normalized spacial score (nSPS) is 18.3. The van der Waals surface area contributed by atoms with Crippen LogP contribution in [0.15, 0.2) is 30.7 Å². The second-order valence-corrected chi connectivity index (χ2v) is 5.66. The molecule has 23 heavy (non-hydrogen) atoms. The van der Waals surface area contributed by atoms with Crippen LogP contribution >= 0.6 is 0 Å². The zero-order valence-corrected chi connectivity index (χ0v) is 12.1. The van der Waals surface area contributed by atoms with E-state index in [4.69, 9.17) is 0 Å². The van der Waals surface area contributed by atoms with E-state index in [2.05, 4.69) is 4.98 Å². The average molecular weight is 319 g/mol. The number of hydrogen-bond acceptors (Lipinski definition) is 2. The molecular formula is C16H12F3N3O. The van der Waals surface area contributed by atoms with E-state index in [1.807, 2.05) is 0 Å². The molecule has 2 heterocycles. The van der Waals surface area contributed by atoms with Gasteiger partial charge in [0.05, 0.1) is 16.6 Å². The predicted molar refractivity (Wildman–Crippen MR) is 78.5 cm³/mol. The van der Waals surface area contributed by atoms with E-state index in [0.717, 1.165) is 6.20 Å². The van der Waals surface area contributed by atoms with Crippen LogP contribution in [0, 0.1) is 0 Å². The second kappa shape index (κ2) is 4.47. The number of aromatic nitrogens is 3. The quantitative estimate of drug-likeness (QED) is 0.639. The van der Waals surface area contributed by atoms with Crippen molar-refractivity contribution in [1.29, 1.82) is 0 Å². The van der Waals surface area contributed by atoms with Crippen LogP contribution in [0.3, 0.4) is 0 Å². The number of imidazole rings is 1. The Balaban J connectivity index is 2.33. The molecule has 0 bridgehead atoms. The average Bonchev–Trinajstić information content (AvgIpc) is 2.84. The number of nitrogens with zero attached hydrogens (tertiary/aromatic N) is 3. The number of para-hydroxylation sites is 1. The van der Waals surface area contributed by atoms with Gasteiger partial charge < -0.3 is 0 Å². The van der Waals surface area contributed by atoms with E-state index in [1.54, 1.807) is 29.5 Å². The fourth-order valence-electron chi connectivity index (χ4n) is 3.15. The van der Waals surface area contributed by atoms with E-state index >= 15 is 0 Å². The van der Waals surface area contributed by atoms with Gasteiger partial charge in [-0.05, 0) is 12.1 Å². The van der Waals surface area contributed by atoms with E-state index in [1.165, 1.54) is 12.4 Å². The van der Waals surface area contributed by atoms with Gasteiger partial charge in [0.15, 0.2) is 0 Å². The molecule has 1 unspecified atom stereocenters. The predicted octanol–water partition coefficient (Wildman–Crippen LogP) is 2.90. The summed E-state index contributed by atoms with van der Waals surface area (Å²) in [5.41, 5.74) is 1.24. The summed E-state index contributed by atoms with van der Waals surface area (Å²) < 4.78 is 42.7. The molecule has 4 rings (SSSR count). The van der Waals surface area contributed by atoms with E-state index in [9.17, 15) is 18.0 Å². The van der Waals surface area contributed by atoms with Crippen LogP contribution < -0.4 is 5.35 Å². The zero-order valence-electron chi connectivity index (χ0n) is 12.1. The first-order valence-electron chi connectivity index (χ1n) is 7.15. The number of hydrogen-bond donors (Lipinski definition) is 0. The highest BCUT2D eigenvalue weighted by molar-refractivity contribution is 5.93. The lowest BCUT2D eigenvalue weighted by Crippen LogP contribution is -2.27. The van der Waals surface area contributed by atoms with Crippen LogP contribution in [0.25, 0.3) is 22.6 Å². The number of benzene rings is 1. The Kier molecular flexibility index (Phi) is 2.73. The van der Waals surface area contributed by atoms with Gasteiger partial charge in [0.1, 0.15) is 12.1 Å². The monoisotopic (exact) mass is 319 g/mol. The molecule has 3 aromatic rings. The maximum Gasteiger partial charge on any atom is 0.488 e. The fourth-order valence-corrected chi connectivity index (χ4v) is 3.15. The summed E-state index contributed by atoms with van der Waals surface area (Å²) >= 11 is 0. The van der Waals surface area contributed by atoms with Gasteiger partial charge >= 0.3 is 6.30 Å². The minimum absolute atomic E-state index is 0.00921. The van der Waals surface area contributed by atoms with Crippen LogP contribution in [-0.4, -0.2) is 19.7 Å². The maximum atomic E-state index is 13.6. The summed E-state index contributed by atoms with van der Waals surface area (Å²) in [6.07, 6.45) is -0.161. The number of alkyl halides is 3. The number of ketones is 1. The van der Waals surface area contributed by atoms with Crippen molar-refractivity contribution in [2.24, 2.45) is 0 Å². The molecule has 4 nitrogen and oxygen atoms in total. The molecule has 1 aliphatic carbocycles. The number of halogens is 3. The first-order chi connectivity index (χ1) is 10.9. The molecule has 1 atom stereocenters. The van der Waals surface area contributed by atoms with Gasteiger partial charge in [-0.1, -0.05) is 19.1 Å². The smallest absolute Gasteiger partial charge is 0.299 e. The molecule has 7 heteroatoms. The summed E-state index contributed by atoms with van der Waals surface area (Å²) in [6, 6.07) is 4.63. The van der Waals surface area contributed by atoms with Gasteiger partial charge in [0.25, 0.3) is 0 Å². The van der Waals surface area contributed by atoms with Gasteiger partial charge in [-0.15, -0.1) is 13.2 Å². The Bertz CT molecular complexity index is 1030. The Morgan fingerprint density at radius 3 is 2.83 bits per heavy atom. The molecule has 0 saturated heterocycles. The summed E-state index contributed by atoms with van der Waals surface area (Å²) in [7, 11) is 0. The molecule has 0 fully saturated rings. The molecule has 0 spiro atoms. The molecule has 0 amide bonds. The Labute approximate surface area is 128 Å². The van der Waals surface area contributed by atoms with Crippen molar-refractivity contribution in [2.45, 2.75) is 25.6 Å². The number of fused-ring (bicyclic) bond motifs is 2. The van der Waals surface area contributed by atoms with Gasteiger partial charge in [-0.2, -0.15) is 0 Å². The van der Waals surface area contributed by atoms with Crippen molar-refractivity contribution in [3.05, 3.63) is 41.6 Å². The van der Waals surface area contributed by atoms with Crippen LogP contribution in [0.2, 0.25) is 0 Å². The lowest BCUT2D eigenvalue weighted by molar-refractivity contribution is -0.201. The van der Waals surface area contributed by atoms with Gasteiger partial charge in [0.2, 0.25) is 0 Å². The highest BCUT2D eigenvalue weighted by Crippen LogP contribution is 2.30. The zero-order chi connectivity index (χ0) is 16.4. The van der Waals surface area contributed by atoms with Crippen molar-refractivity contribution in [2.75, 3.05) is 0 Å². The Hall–Kier alpha value is -2.57. The van der Waals surface area contributed by atoms with Crippen LogP contribution in [0.4, 0.5) is 13.2 Å². The molecule has 0 radical (unpaired) electrons. The topological polar surface area (TPSA) is 39.3 Å². The molecule has 1 aliphatic rings. The molecule has 118 valence electrons. The number of rotatable bonds is 0. The first kappa shape index (κ1) is 14.0. The number of carbonyl (C=O) groups excluding carboxylic acids is 1. The molecular weight excluding hydrogens is 307 g/mol. The van der Waals surface area contributed by atoms with E-state index < -0.39 is 12.2 Å². The molecule has 0 aliphatic heterocycles. The van der Waals surface area contributed by atoms with Crippen molar-refractivity contribution in [3.63, 3.8) is 0 Å². The third kappa shape index (κ3) is 1.92. The van der Waals surface area contributed by atoms with Gasteiger partial charge in [-0.25, -0.2) is 4.98 Å². The summed E-state index contributed by atoms with van der Waals surface area (Å²) in [5.74, 6) is -0.684.